The number of aliphatic carboxylic acids is 1. The first kappa shape index (κ1) is 21.7. The molecule has 0 heterocycles. The van der Waals surface area contributed by atoms with E-state index >= 15 is 0 Å². The van der Waals surface area contributed by atoms with E-state index in [0.717, 1.165) is 36.8 Å². The quantitative estimate of drug-likeness (QED) is 0.513. The Morgan fingerprint density at radius 1 is 1.14 bits per heavy atom. The zero-order valence-corrected chi connectivity index (χ0v) is 16.7. The Hall–Kier alpha value is -2.57. The predicted octanol–water partition coefficient (Wildman–Crippen LogP) is 2.96. The van der Waals surface area contributed by atoms with E-state index in [0.29, 0.717) is 18.5 Å². The molecule has 1 aliphatic rings. The minimum Gasteiger partial charge on any atom is -0.479 e. The summed E-state index contributed by atoms with van der Waals surface area (Å²) in [6, 6.07) is 4.38. The zero-order chi connectivity index (χ0) is 20.5. The van der Waals surface area contributed by atoms with Crippen molar-refractivity contribution < 1.29 is 19.5 Å². The van der Waals surface area contributed by atoms with Gasteiger partial charge in [-0.05, 0) is 49.8 Å². The number of aryl methyl sites for hydroxylation is 1. The Morgan fingerprint density at radius 2 is 1.86 bits per heavy atom. The summed E-state index contributed by atoms with van der Waals surface area (Å²) in [6.07, 6.45) is 6.16. The van der Waals surface area contributed by atoms with Crippen LogP contribution < -0.4 is 16.0 Å². The summed E-state index contributed by atoms with van der Waals surface area (Å²) < 4.78 is 0. The molecule has 0 aromatic heterocycles. The standard InChI is InChI=1S/C21H31N3O4/c1-14-8-6-11-17(15(14)2)19(20(26)27)24-18(25)12-7-13-22-21(28)23-16-9-4-3-5-10-16/h6,8,11,16,19H,3-5,7,9-10,12-13H2,1-2H3,(H,24,25)(H,26,27)(H2,22,23,28). The highest BCUT2D eigenvalue weighted by molar-refractivity contribution is 5.85. The van der Waals surface area contributed by atoms with Crippen molar-refractivity contribution >= 4 is 17.9 Å². The second kappa shape index (κ2) is 10.7. The van der Waals surface area contributed by atoms with Crippen LogP contribution in [0.25, 0.3) is 0 Å². The normalized spacial score (nSPS) is 15.5. The number of rotatable bonds is 8. The molecule has 7 heteroatoms. The van der Waals surface area contributed by atoms with Crippen molar-refractivity contribution in [3.8, 4) is 0 Å². The molecule has 0 bridgehead atoms. The molecule has 7 nitrogen and oxygen atoms in total. The van der Waals surface area contributed by atoms with E-state index in [1.54, 1.807) is 12.1 Å². The van der Waals surface area contributed by atoms with Gasteiger partial charge in [-0.25, -0.2) is 9.59 Å². The van der Waals surface area contributed by atoms with Crippen LogP contribution in [0.1, 0.15) is 67.7 Å². The highest BCUT2D eigenvalue weighted by Gasteiger charge is 2.24. The lowest BCUT2D eigenvalue weighted by atomic mass is 9.96. The van der Waals surface area contributed by atoms with E-state index in [-0.39, 0.29) is 24.4 Å². The first-order valence-corrected chi connectivity index (χ1v) is 10.0. The number of hydrogen-bond acceptors (Lipinski definition) is 3. The molecule has 3 amide bonds. The third kappa shape index (κ3) is 6.55. The fourth-order valence-electron chi connectivity index (χ4n) is 3.53. The van der Waals surface area contributed by atoms with E-state index in [9.17, 15) is 19.5 Å². The van der Waals surface area contributed by atoms with Gasteiger partial charge < -0.3 is 21.1 Å². The largest absolute Gasteiger partial charge is 0.479 e. The monoisotopic (exact) mass is 389 g/mol. The van der Waals surface area contributed by atoms with Gasteiger partial charge in [0.15, 0.2) is 6.04 Å². The lowest BCUT2D eigenvalue weighted by Gasteiger charge is -2.22. The van der Waals surface area contributed by atoms with Crippen LogP contribution in [0.15, 0.2) is 18.2 Å². The number of nitrogens with one attached hydrogen (secondary N) is 3. The van der Waals surface area contributed by atoms with Crippen molar-refractivity contribution in [3.05, 3.63) is 34.9 Å². The molecule has 1 aromatic carbocycles. The Labute approximate surface area is 166 Å². The number of carbonyl (C=O) groups is 3. The van der Waals surface area contributed by atoms with Crippen molar-refractivity contribution in [2.45, 2.75) is 70.9 Å². The topological polar surface area (TPSA) is 108 Å². The fraction of sp³-hybridized carbons (Fsp3) is 0.571. The molecule has 1 atom stereocenters. The molecule has 0 spiro atoms. The number of hydrogen-bond donors (Lipinski definition) is 4. The lowest BCUT2D eigenvalue weighted by Crippen LogP contribution is -2.43. The molecule has 0 aliphatic heterocycles. The maximum atomic E-state index is 12.2. The van der Waals surface area contributed by atoms with Crippen LogP contribution in [0.2, 0.25) is 0 Å². The van der Waals surface area contributed by atoms with Crippen molar-refractivity contribution in [1.29, 1.82) is 0 Å². The lowest BCUT2D eigenvalue weighted by molar-refractivity contribution is -0.142. The molecule has 1 aromatic rings. The van der Waals surface area contributed by atoms with Gasteiger partial charge in [-0.1, -0.05) is 37.5 Å². The summed E-state index contributed by atoms with van der Waals surface area (Å²) in [5.41, 5.74) is 2.42. The fourth-order valence-corrected chi connectivity index (χ4v) is 3.53. The van der Waals surface area contributed by atoms with Crippen LogP contribution >= 0.6 is 0 Å². The number of carboxylic acid groups (broad SMARTS) is 1. The minimum absolute atomic E-state index is 0.151. The maximum absolute atomic E-state index is 12.2. The average Bonchev–Trinajstić information content (AvgIpc) is 2.66. The first-order chi connectivity index (χ1) is 13.4. The minimum atomic E-state index is -1.09. The van der Waals surface area contributed by atoms with Crippen LogP contribution in [0.5, 0.6) is 0 Å². The van der Waals surface area contributed by atoms with Crippen molar-refractivity contribution in [2.24, 2.45) is 0 Å². The molecule has 1 unspecified atom stereocenters. The molecule has 28 heavy (non-hydrogen) atoms. The van der Waals surface area contributed by atoms with Crippen LogP contribution in [-0.2, 0) is 9.59 Å². The number of benzene rings is 1. The van der Waals surface area contributed by atoms with Crippen LogP contribution in [0.4, 0.5) is 4.79 Å². The highest BCUT2D eigenvalue weighted by Crippen LogP contribution is 2.21. The summed E-state index contributed by atoms with van der Waals surface area (Å²) in [4.78, 5) is 35.7. The van der Waals surface area contributed by atoms with Gasteiger partial charge in [-0.15, -0.1) is 0 Å². The Balaban J connectivity index is 1.75. The van der Waals surface area contributed by atoms with Gasteiger partial charge in [0.25, 0.3) is 0 Å². The van der Waals surface area contributed by atoms with Gasteiger partial charge in [-0.2, -0.15) is 0 Å². The third-order valence-corrected chi connectivity index (χ3v) is 5.32. The van der Waals surface area contributed by atoms with Gasteiger partial charge >= 0.3 is 12.0 Å². The third-order valence-electron chi connectivity index (χ3n) is 5.32. The Morgan fingerprint density at radius 3 is 2.54 bits per heavy atom. The SMILES string of the molecule is Cc1cccc(C(NC(=O)CCCNC(=O)NC2CCCCC2)C(=O)O)c1C. The highest BCUT2D eigenvalue weighted by atomic mass is 16.4. The Kier molecular flexibility index (Phi) is 8.29. The van der Waals surface area contributed by atoms with Crippen LogP contribution in [0.3, 0.4) is 0 Å². The van der Waals surface area contributed by atoms with Gasteiger partial charge in [0, 0.05) is 19.0 Å². The Bertz CT molecular complexity index is 699. The van der Waals surface area contributed by atoms with Crippen molar-refractivity contribution in [3.63, 3.8) is 0 Å². The molecule has 1 aliphatic carbocycles. The van der Waals surface area contributed by atoms with Crippen LogP contribution in [-0.4, -0.2) is 35.6 Å². The average molecular weight is 389 g/mol. The molecular formula is C21H31N3O4. The number of amides is 3. The summed E-state index contributed by atoms with van der Waals surface area (Å²) in [5, 5.41) is 17.8. The first-order valence-electron chi connectivity index (χ1n) is 10.0. The van der Waals surface area contributed by atoms with E-state index < -0.39 is 12.0 Å². The van der Waals surface area contributed by atoms with Crippen LogP contribution in [0, 0.1) is 13.8 Å². The molecule has 1 saturated carbocycles. The van der Waals surface area contributed by atoms with Gasteiger partial charge in [0.05, 0.1) is 0 Å². The maximum Gasteiger partial charge on any atom is 0.330 e. The molecule has 2 rings (SSSR count). The summed E-state index contributed by atoms with van der Waals surface area (Å²) in [6.45, 7) is 4.12. The number of carboxylic acids is 1. The summed E-state index contributed by atoms with van der Waals surface area (Å²) in [7, 11) is 0. The van der Waals surface area contributed by atoms with Gasteiger partial charge in [-0.3, -0.25) is 4.79 Å². The molecule has 0 saturated heterocycles. The predicted molar refractivity (Wildman–Crippen MR) is 107 cm³/mol. The van der Waals surface area contributed by atoms with Gasteiger partial charge in [0.1, 0.15) is 0 Å². The molecule has 154 valence electrons. The van der Waals surface area contributed by atoms with Gasteiger partial charge in [0.2, 0.25) is 5.91 Å². The molecular weight excluding hydrogens is 358 g/mol. The van der Waals surface area contributed by atoms with E-state index in [1.165, 1.54) is 6.42 Å². The summed E-state index contributed by atoms with van der Waals surface area (Å²) in [5.74, 6) is -1.44. The van der Waals surface area contributed by atoms with E-state index in [4.69, 9.17) is 0 Å². The second-order valence-electron chi connectivity index (χ2n) is 7.47. The zero-order valence-electron chi connectivity index (χ0n) is 16.7. The van der Waals surface area contributed by atoms with E-state index in [2.05, 4.69) is 16.0 Å². The molecule has 4 N–H and O–H groups in total. The second-order valence-corrected chi connectivity index (χ2v) is 7.47. The van der Waals surface area contributed by atoms with Crippen molar-refractivity contribution in [1.82, 2.24) is 16.0 Å². The smallest absolute Gasteiger partial charge is 0.330 e. The molecule has 0 radical (unpaired) electrons. The van der Waals surface area contributed by atoms with E-state index in [1.807, 2.05) is 19.9 Å². The number of urea groups is 1. The summed E-state index contributed by atoms with van der Waals surface area (Å²) >= 11 is 0. The molecule has 1 fully saturated rings. The number of carbonyl (C=O) groups excluding carboxylic acids is 2. The van der Waals surface area contributed by atoms with Crippen molar-refractivity contribution in [2.75, 3.05) is 6.54 Å².